The predicted molar refractivity (Wildman–Crippen MR) is 8.91 cm³/mol. The lowest BCUT2D eigenvalue weighted by molar-refractivity contribution is 0.268. The molecule has 0 heterocycles. The summed E-state index contributed by atoms with van der Waals surface area (Å²) in [6, 6.07) is 0. The van der Waals surface area contributed by atoms with E-state index in [0.717, 1.165) is 6.47 Å². The fourth-order valence-corrected chi connectivity index (χ4v) is 0. The van der Waals surface area contributed by atoms with E-state index in [9.17, 15) is 0 Å². The second-order valence-electron chi connectivity index (χ2n) is 0.175. The van der Waals surface area contributed by atoms with Crippen molar-refractivity contribution in [3.8, 4) is 0 Å². The molecule has 0 aliphatic carbocycles. The van der Waals surface area contributed by atoms with Crippen LogP contribution in [0, 0.1) is 0 Å². The molecule has 3 heteroatoms. The monoisotopic (exact) mass is 58.0 g/mol. The molecule has 0 spiro atoms. The van der Waals surface area contributed by atoms with Gasteiger partial charge in [-0.05, 0) is 0 Å². The van der Waals surface area contributed by atoms with Gasteiger partial charge in [0.05, 0.1) is 0 Å². The highest BCUT2D eigenvalue weighted by Gasteiger charge is 1.56. The van der Waals surface area contributed by atoms with Gasteiger partial charge in [0.15, 0.2) is 0 Å². The Labute approximate surface area is 23.3 Å². The van der Waals surface area contributed by atoms with Gasteiger partial charge < -0.3 is 4.84 Å². The maximum absolute atomic E-state index is 8.58. The molecule has 0 aromatic heterocycles. The third-order valence-corrected chi connectivity index (χ3v) is 0.0373. The molecule has 0 saturated heterocycles. The minimum absolute atomic E-state index is 0.736. The molecule has 3 nitrogen and oxygen atoms in total. The van der Waals surface area contributed by atoms with E-state index < -0.39 is 0 Å². The van der Waals surface area contributed by atoms with E-state index in [1.165, 1.54) is 0 Å². The first-order chi connectivity index (χ1) is 1.91. The van der Waals surface area contributed by atoms with Crippen LogP contribution < -0.4 is 5.90 Å². The summed E-state index contributed by atoms with van der Waals surface area (Å²) in [6.45, 7) is 0.736. The van der Waals surface area contributed by atoms with Gasteiger partial charge in [-0.1, -0.05) is 0 Å². The Morgan fingerprint density at radius 2 is 2.25 bits per heavy atom. The summed E-state index contributed by atoms with van der Waals surface area (Å²) >= 11 is 0. The fraction of sp³-hybridized carbons (Fsp3) is 0. The van der Waals surface area contributed by atoms with Crippen LogP contribution in [0.25, 0.3) is 0 Å². The molecule has 0 aliphatic rings. The molecule has 21 valence electrons. The molecule has 3 radical (unpaired) electrons. The zero-order valence-corrected chi connectivity index (χ0v) is 1.76. The summed E-state index contributed by atoms with van der Waals surface area (Å²) in [5.74, 6) is 6.95. The van der Waals surface area contributed by atoms with Crippen molar-refractivity contribution < 1.29 is 9.63 Å². The van der Waals surface area contributed by atoms with Crippen molar-refractivity contribution in [2.45, 2.75) is 0 Å². The summed E-state index contributed by atoms with van der Waals surface area (Å²) < 4.78 is 0. The normalized spacial score (nSPS) is 5.25. The highest BCUT2D eigenvalue weighted by atomic mass is 16.6. The molecule has 0 unspecified atom stereocenters. The van der Waals surface area contributed by atoms with Gasteiger partial charge in [0.1, 0.15) is 5.90 Å². The van der Waals surface area contributed by atoms with Crippen LogP contribution in [0.2, 0.25) is 0 Å². The van der Waals surface area contributed by atoms with E-state index in [1.807, 2.05) is 0 Å². The summed E-state index contributed by atoms with van der Waals surface area (Å²) in [5.41, 5.74) is 0. The first-order valence-electron chi connectivity index (χ1n) is 0.591. The second-order valence-corrected chi connectivity index (χ2v) is 0.175. The van der Waals surface area contributed by atoms with Crippen LogP contribution in [0.3, 0.4) is 0 Å². The van der Waals surface area contributed by atoms with Crippen LogP contribution in [-0.2, 0) is 9.63 Å². The quantitative estimate of drug-likeness (QED) is 0.365. The summed E-state index contributed by atoms with van der Waals surface area (Å²) in [5, 5.41) is 0. The standard InChI is InChI=1S/CNO2/c2-4-1-3. The van der Waals surface area contributed by atoms with Gasteiger partial charge in [-0.15, -0.1) is 0 Å². The topological polar surface area (TPSA) is 48.6 Å². The Bertz CT molecular complexity index is 20.0. The number of rotatable bonds is 1. The molecule has 0 aromatic carbocycles. The Balaban J connectivity index is 2.30. The van der Waals surface area contributed by atoms with Gasteiger partial charge in [0, 0.05) is 0 Å². The number of hydrogen-bond donors (Lipinski definition) is 0. The number of carbonyl (C=O) groups excluding carboxylic acids is 1. The highest BCUT2D eigenvalue weighted by molar-refractivity contribution is 5.37. The Hall–Kier alpha value is -0.570. The van der Waals surface area contributed by atoms with Crippen molar-refractivity contribution in [3.05, 3.63) is 0 Å². The molecular formula is CNO2. The van der Waals surface area contributed by atoms with Gasteiger partial charge >= 0.3 is 6.47 Å². The molecule has 0 saturated carbocycles. The van der Waals surface area contributed by atoms with Crippen LogP contribution in [0.15, 0.2) is 0 Å². The average Bonchev–Trinajstić information content (AvgIpc) is 1.37. The van der Waals surface area contributed by atoms with Crippen molar-refractivity contribution in [2.24, 2.45) is 0 Å². The molecule has 0 aromatic rings. The first kappa shape index (κ1) is 3.43. The average molecular weight is 58.0 g/mol. The van der Waals surface area contributed by atoms with Crippen LogP contribution in [0.4, 0.5) is 0 Å². The lowest BCUT2D eigenvalue weighted by Crippen LogP contribution is -1.74. The van der Waals surface area contributed by atoms with Gasteiger partial charge in [0.25, 0.3) is 0 Å². The molecule has 0 bridgehead atoms. The zero-order valence-electron chi connectivity index (χ0n) is 1.76. The molecule has 4 heavy (non-hydrogen) atoms. The first-order valence-corrected chi connectivity index (χ1v) is 0.591. The lowest BCUT2D eigenvalue weighted by atomic mass is 11.6. The van der Waals surface area contributed by atoms with E-state index in [0.29, 0.717) is 0 Å². The van der Waals surface area contributed by atoms with E-state index >= 15 is 0 Å². The van der Waals surface area contributed by atoms with Crippen molar-refractivity contribution in [1.29, 1.82) is 0 Å². The minimum Gasteiger partial charge on any atom is -0.318 e. The number of hydrogen-bond acceptors (Lipinski definition) is 2. The fourth-order valence-electron chi connectivity index (χ4n) is 0. The SMILES string of the molecule is [N]O[C]=O. The third kappa shape index (κ3) is 1.43. The van der Waals surface area contributed by atoms with Crippen LogP contribution in [-0.4, -0.2) is 6.47 Å². The Morgan fingerprint density at radius 1 is 2.00 bits per heavy atom. The molecule has 0 rings (SSSR count). The summed E-state index contributed by atoms with van der Waals surface area (Å²) in [6.07, 6.45) is 0. The van der Waals surface area contributed by atoms with Crippen LogP contribution >= 0.6 is 0 Å². The third-order valence-electron chi connectivity index (χ3n) is 0.0373. The van der Waals surface area contributed by atoms with E-state index in [2.05, 4.69) is 4.84 Å². The Morgan fingerprint density at radius 3 is 2.25 bits per heavy atom. The largest absolute Gasteiger partial charge is 0.440 e. The van der Waals surface area contributed by atoms with Gasteiger partial charge in [-0.25, -0.2) is 4.79 Å². The zero-order chi connectivity index (χ0) is 3.41. The van der Waals surface area contributed by atoms with Crippen molar-refractivity contribution >= 4 is 6.47 Å². The van der Waals surface area contributed by atoms with Gasteiger partial charge in [0.2, 0.25) is 0 Å². The van der Waals surface area contributed by atoms with Crippen molar-refractivity contribution in [3.63, 3.8) is 0 Å². The maximum atomic E-state index is 8.58. The molecular weight excluding hydrogens is 58.0 g/mol. The van der Waals surface area contributed by atoms with Gasteiger partial charge in [-0.2, -0.15) is 0 Å². The molecule has 0 N–H and O–H groups in total. The molecule has 0 fully saturated rings. The maximum Gasteiger partial charge on any atom is 0.440 e. The van der Waals surface area contributed by atoms with Crippen molar-refractivity contribution in [1.82, 2.24) is 5.90 Å². The van der Waals surface area contributed by atoms with Crippen LogP contribution in [0.5, 0.6) is 0 Å². The Kier molecular flexibility index (Phi) is 2.08. The molecule has 0 aliphatic heterocycles. The van der Waals surface area contributed by atoms with Crippen molar-refractivity contribution in [2.75, 3.05) is 0 Å². The molecule has 0 atom stereocenters. The van der Waals surface area contributed by atoms with Crippen LogP contribution in [0.1, 0.15) is 0 Å². The van der Waals surface area contributed by atoms with Gasteiger partial charge in [-0.3, -0.25) is 0 Å². The predicted octanol–water partition coefficient (Wildman–Crippen LogP) is -0.946. The summed E-state index contributed by atoms with van der Waals surface area (Å²) in [7, 11) is 0. The molecule has 0 amide bonds. The minimum atomic E-state index is 0.736. The lowest BCUT2D eigenvalue weighted by Gasteiger charge is -1.54. The number of nitrogens with zero attached hydrogens (tertiary/aromatic N) is 1. The van der Waals surface area contributed by atoms with E-state index in [4.69, 9.17) is 10.7 Å². The summed E-state index contributed by atoms with van der Waals surface area (Å²) in [4.78, 5) is 11.3. The van der Waals surface area contributed by atoms with E-state index in [1.54, 1.807) is 0 Å². The second kappa shape index (κ2) is 2.43. The highest BCUT2D eigenvalue weighted by Crippen LogP contribution is 1.31. The smallest absolute Gasteiger partial charge is 0.318 e. The van der Waals surface area contributed by atoms with E-state index in [-0.39, 0.29) is 0 Å².